The smallest absolute Gasteiger partial charge is 0.408 e. The molecule has 39 heavy (non-hydrogen) atoms. The van der Waals surface area contributed by atoms with E-state index in [0.717, 1.165) is 5.56 Å². The van der Waals surface area contributed by atoms with E-state index in [1.165, 1.54) is 6.08 Å². The summed E-state index contributed by atoms with van der Waals surface area (Å²) >= 11 is 0. The quantitative estimate of drug-likeness (QED) is 0.185. The molecule has 1 aromatic carbocycles. The number of hydrogen-bond donors (Lipinski definition) is 4. The maximum Gasteiger partial charge on any atom is 0.408 e. The zero-order valence-electron chi connectivity index (χ0n) is 23.4. The monoisotopic (exact) mass is 545 g/mol. The Morgan fingerprint density at radius 1 is 0.974 bits per heavy atom. The van der Waals surface area contributed by atoms with Gasteiger partial charge in [-0.3, -0.25) is 9.59 Å². The highest BCUT2D eigenvalue weighted by Gasteiger charge is 2.32. The fourth-order valence-electron chi connectivity index (χ4n) is 3.44. The number of aliphatic hydroxyl groups excluding tert-OH is 1. The van der Waals surface area contributed by atoms with Crippen LogP contribution in [0.2, 0.25) is 0 Å². The lowest BCUT2D eigenvalue weighted by Gasteiger charge is -2.32. The highest BCUT2D eigenvalue weighted by atomic mass is 16.6. The number of benzene rings is 1. The Morgan fingerprint density at radius 3 is 2.18 bits per heavy atom. The van der Waals surface area contributed by atoms with E-state index in [0.29, 0.717) is 0 Å². The van der Waals surface area contributed by atoms with E-state index >= 15 is 0 Å². The second-order valence-electron chi connectivity index (χ2n) is 10.4. The van der Waals surface area contributed by atoms with Gasteiger partial charge in [-0.05, 0) is 30.7 Å². The minimum absolute atomic E-state index is 0.0451. The van der Waals surface area contributed by atoms with E-state index < -0.39 is 41.5 Å². The maximum atomic E-state index is 13.1. The summed E-state index contributed by atoms with van der Waals surface area (Å²) in [4.78, 5) is 50.5. The van der Waals surface area contributed by atoms with Gasteiger partial charge < -0.3 is 30.5 Å². The van der Waals surface area contributed by atoms with Crippen LogP contribution in [0.3, 0.4) is 0 Å². The molecule has 0 fully saturated rings. The molecule has 1 rings (SSSR count). The topological polar surface area (TPSA) is 143 Å². The molecule has 10 heteroatoms. The third-order valence-electron chi connectivity index (χ3n) is 5.88. The number of rotatable bonds is 16. The molecule has 0 radical (unpaired) electrons. The zero-order chi connectivity index (χ0) is 29.4. The van der Waals surface area contributed by atoms with Gasteiger partial charge in [-0.1, -0.05) is 63.3 Å². The number of amides is 3. The summed E-state index contributed by atoms with van der Waals surface area (Å²) in [6.07, 6.45) is 2.56. The van der Waals surface area contributed by atoms with Crippen LogP contribution in [0.1, 0.15) is 52.5 Å². The summed E-state index contributed by atoms with van der Waals surface area (Å²) in [5.41, 5.74) is 0.299. The number of aliphatic hydroxyl groups is 1. The Labute approximate surface area is 231 Å². The van der Waals surface area contributed by atoms with Gasteiger partial charge in [0.2, 0.25) is 11.8 Å². The molecule has 0 heterocycles. The molecule has 0 aliphatic heterocycles. The standard InChI is InChI=1S/C29H43N3O7/c1-7-12-22(16-25(34)30-20(3)17-33)26(35)32-24(29(4,5)6)19-38-27(36)23(13-8-2)31-28(37)39-18-21-14-10-9-11-15-21/h7-11,14-15,20,22-24,33H,1-2,12-13,16-19H2,3-6H3,(H,30,34)(H,31,37)(H,32,35)/t20-,22+,23+,24+/m0/s1. The van der Waals surface area contributed by atoms with Crippen LogP contribution in [0.4, 0.5) is 4.79 Å². The molecule has 10 nitrogen and oxygen atoms in total. The van der Waals surface area contributed by atoms with Gasteiger partial charge in [0, 0.05) is 12.5 Å². The Kier molecular flexibility index (Phi) is 14.6. The van der Waals surface area contributed by atoms with Gasteiger partial charge in [0.25, 0.3) is 0 Å². The van der Waals surface area contributed by atoms with E-state index in [4.69, 9.17) is 14.6 Å². The van der Waals surface area contributed by atoms with Crippen molar-refractivity contribution in [2.24, 2.45) is 11.3 Å². The number of esters is 1. The Hall–Kier alpha value is -3.66. The lowest BCUT2D eigenvalue weighted by molar-refractivity contribution is -0.148. The summed E-state index contributed by atoms with van der Waals surface area (Å²) in [7, 11) is 0. The van der Waals surface area contributed by atoms with Gasteiger partial charge >= 0.3 is 12.1 Å². The van der Waals surface area contributed by atoms with E-state index in [1.807, 2.05) is 51.1 Å². The summed E-state index contributed by atoms with van der Waals surface area (Å²) in [5.74, 6) is -2.14. The average molecular weight is 546 g/mol. The normalized spacial score (nSPS) is 14.1. The predicted octanol–water partition coefficient (Wildman–Crippen LogP) is 3.01. The van der Waals surface area contributed by atoms with E-state index in [2.05, 4.69) is 29.1 Å². The van der Waals surface area contributed by atoms with Crippen LogP contribution < -0.4 is 16.0 Å². The van der Waals surface area contributed by atoms with Crippen molar-refractivity contribution in [3.05, 3.63) is 61.2 Å². The van der Waals surface area contributed by atoms with Crippen molar-refractivity contribution in [3.8, 4) is 0 Å². The van der Waals surface area contributed by atoms with Crippen molar-refractivity contribution in [1.82, 2.24) is 16.0 Å². The fraction of sp³-hybridized carbons (Fsp3) is 0.517. The number of ether oxygens (including phenoxy) is 2. The molecule has 216 valence electrons. The summed E-state index contributed by atoms with van der Waals surface area (Å²) in [6.45, 7) is 14.3. The van der Waals surface area contributed by atoms with Gasteiger partial charge in [-0.2, -0.15) is 0 Å². The van der Waals surface area contributed by atoms with Gasteiger partial charge in [0.15, 0.2) is 0 Å². The highest BCUT2D eigenvalue weighted by Crippen LogP contribution is 2.21. The van der Waals surface area contributed by atoms with Crippen molar-refractivity contribution < 1.29 is 33.8 Å². The van der Waals surface area contributed by atoms with Gasteiger partial charge in [0.1, 0.15) is 19.3 Å². The molecule has 0 saturated carbocycles. The second kappa shape index (κ2) is 17.0. The molecule has 4 N–H and O–H groups in total. The van der Waals surface area contributed by atoms with Crippen molar-refractivity contribution in [1.29, 1.82) is 0 Å². The second-order valence-corrected chi connectivity index (χ2v) is 10.4. The first-order chi connectivity index (χ1) is 18.4. The molecule has 0 bridgehead atoms. The molecule has 4 atom stereocenters. The molecule has 0 spiro atoms. The summed E-state index contributed by atoms with van der Waals surface area (Å²) in [5, 5.41) is 17.2. The molecule has 0 aliphatic carbocycles. The van der Waals surface area contributed by atoms with Crippen LogP contribution in [0, 0.1) is 11.3 Å². The third kappa shape index (κ3) is 13.1. The molecule has 0 unspecified atom stereocenters. The number of nitrogens with one attached hydrogen (secondary N) is 3. The number of alkyl carbamates (subject to hydrolysis) is 1. The molecule has 0 saturated heterocycles. The van der Waals surface area contributed by atoms with E-state index in [9.17, 15) is 19.2 Å². The molecule has 0 aliphatic rings. The fourth-order valence-corrected chi connectivity index (χ4v) is 3.44. The summed E-state index contributed by atoms with van der Waals surface area (Å²) in [6, 6.07) is 7.08. The van der Waals surface area contributed by atoms with Crippen molar-refractivity contribution in [2.45, 2.75) is 71.7 Å². The van der Waals surface area contributed by atoms with Crippen LogP contribution in [-0.4, -0.2) is 60.3 Å². The van der Waals surface area contributed by atoms with E-state index in [1.54, 1.807) is 13.0 Å². The number of allylic oxidation sites excluding steroid dienone is 1. The Balaban J connectivity index is 2.79. The zero-order valence-corrected chi connectivity index (χ0v) is 23.4. The SMILES string of the molecule is C=CC[C@H](CC(=O)N[C@@H](C)CO)C(=O)N[C@H](COC(=O)[C@@H](CC=C)NC(=O)OCc1ccccc1)C(C)(C)C. The molecular weight excluding hydrogens is 502 g/mol. The molecule has 1 aromatic rings. The molecular formula is C29H43N3O7. The third-order valence-corrected chi connectivity index (χ3v) is 5.88. The highest BCUT2D eigenvalue weighted by molar-refractivity contribution is 5.86. The van der Waals surface area contributed by atoms with Crippen LogP contribution in [0.5, 0.6) is 0 Å². The number of carbonyl (C=O) groups is 4. The molecule has 3 amide bonds. The molecule has 0 aromatic heterocycles. The first-order valence-electron chi connectivity index (χ1n) is 13.0. The van der Waals surface area contributed by atoms with Crippen molar-refractivity contribution >= 4 is 23.9 Å². The lowest BCUT2D eigenvalue weighted by atomic mass is 9.86. The van der Waals surface area contributed by atoms with Crippen molar-refractivity contribution in [3.63, 3.8) is 0 Å². The van der Waals surface area contributed by atoms with E-state index in [-0.39, 0.29) is 50.9 Å². The van der Waals surface area contributed by atoms with Gasteiger partial charge in [-0.25, -0.2) is 9.59 Å². The van der Waals surface area contributed by atoms with Gasteiger partial charge in [0.05, 0.1) is 18.6 Å². The van der Waals surface area contributed by atoms with Crippen molar-refractivity contribution in [2.75, 3.05) is 13.2 Å². The number of hydrogen-bond acceptors (Lipinski definition) is 7. The Bertz CT molecular complexity index is 959. The van der Waals surface area contributed by atoms with Gasteiger partial charge in [-0.15, -0.1) is 13.2 Å². The number of carbonyl (C=O) groups excluding carboxylic acids is 4. The summed E-state index contributed by atoms with van der Waals surface area (Å²) < 4.78 is 10.7. The first kappa shape index (κ1) is 33.4. The largest absolute Gasteiger partial charge is 0.462 e. The van der Waals surface area contributed by atoms with Crippen LogP contribution in [-0.2, 0) is 30.5 Å². The maximum absolute atomic E-state index is 13.1. The van der Waals surface area contributed by atoms with Crippen LogP contribution in [0.15, 0.2) is 55.6 Å². The van der Waals surface area contributed by atoms with Crippen LogP contribution >= 0.6 is 0 Å². The minimum Gasteiger partial charge on any atom is -0.462 e. The average Bonchev–Trinajstić information content (AvgIpc) is 2.88. The lowest BCUT2D eigenvalue weighted by Crippen LogP contribution is -2.50. The Morgan fingerprint density at radius 2 is 1.62 bits per heavy atom. The van der Waals surface area contributed by atoms with Crippen LogP contribution in [0.25, 0.3) is 0 Å². The minimum atomic E-state index is -1.02. The first-order valence-corrected chi connectivity index (χ1v) is 13.0. The predicted molar refractivity (Wildman–Crippen MR) is 148 cm³/mol.